The standard InChI is InChI=1S/C11H15FN2O3/c1-7-5-10(13-8(2)3-4-15)11(14(16)17)6-9(7)12/h5-6,8,13,15H,3-4H2,1-2H3. The molecule has 1 aromatic rings. The lowest BCUT2D eigenvalue weighted by atomic mass is 10.1. The molecule has 0 aliphatic carbocycles. The lowest BCUT2D eigenvalue weighted by molar-refractivity contribution is -0.384. The lowest BCUT2D eigenvalue weighted by Gasteiger charge is -2.14. The molecule has 0 bridgehead atoms. The summed E-state index contributed by atoms with van der Waals surface area (Å²) in [6.45, 7) is 3.32. The van der Waals surface area contributed by atoms with Gasteiger partial charge >= 0.3 is 0 Å². The number of anilines is 1. The molecule has 0 saturated carbocycles. The molecule has 0 aliphatic rings. The molecule has 0 heterocycles. The number of aliphatic hydroxyl groups is 1. The highest BCUT2D eigenvalue weighted by Gasteiger charge is 2.18. The number of hydrogen-bond acceptors (Lipinski definition) is 4. The molecule has 1 unspecified atom stereocenters. The van der Waals surface area contributed by atoms with Crippen molar-refractivity contribution in [2.75, 3.05) is 11.9 Å². The first kappa shape index (κ1) is 13.4. The van der Waals surface area contributed by atoms with Crippen LogP contribution in [0.4, 0.5) is 15.8 Å². The second-order valence-electron chi connectivity index (χ2n) is 3.93. The van der Waals surface area contributed by atoms with Gasteiger partial charge in [-0.05, 0) is 31.9 Å². The SMILES string of the molecule is Cc1cc(NC(C)CCO)c([N+](=O)[O-])cc1F. The van der Waals surface area contributed by atoms with Crippen molar-refractivity contribution in [2.24, 2.45) is 0 Å². The van der Waals surface area contributed by atoms with Crippen molar-refractivity contribution < 1.29 is 14.4 Å². The van der Waals surface area contributed by atoms with Crippen LogP contribution < -0.4 is 5.32 Å². The Kier molecular flexibility index (Phi) is 4.39. The van der Waals surface area contributed by atoms with Crippen molar-refractivity contribution >= 4 is 11.4 Å². The summed E-state index contributed by atoms with van der Waals surface area (Å²) < 4.78 is 13.2. The zero-order valence-corrected chi connectivity index (χ0v) is 9.74. The van der Waals surface area contributed by atoms with E-state index in [1.54, 1.807) is 13.8 Å². The Morgan fingerprint density at radius 2 is 2.24 bits per heavy atom. The molecule has 1 atom stereocenters. The molecule has 0 radical (unpaired) electrons. The van der Waals surface area contributed by atoms with Gasteiger partial charge in [0.15, 0.2) is 0 Å². The third-order valence-electron chi connectivity index (χ3n) is 2.44. The highest BCUT2D eigenvalue weighted by molar-refractivity contribution is 5.63. The minimum absolute atomic E-state index is 0.0118. The van der Waals surface area contributed by atoms with E-state index in [1.807, 2.05) is 0 Å². The van der Waals surface area contributed by atoms with Crippen molar-refractivity contribution in [1.82, 2.24) is 0 Å². The maximum Gasteiger partial charge on any atom is 0.295 e. The molecule has 0 aromatic heterocycles. The Morgan fingerprint density at radius 3 is 2.76 bits per heavy atom. The van der Waals surface area contributed by atoms with Crippen LogP contribution in [-0.4, -0.2) is 22.7 Å². The highest BCUT2D eigenvalue weighted by atomic mass is 19.1. The lowest BCUT2D eigenvalue weighted by Crippen LogP contribution is -2.17. The number of aryl methyl sites for hydroxylation is 1. The maximum atomic E-state index is 13.2. The predicted molar refractivity (Wildman–Crippen MR) is 62.6 cm³/mol. The third-order valence-corrected chi connectivity index (χ3v) is 2.44. The van der Waals surface area contributed by atoms with Crippen LogP contribution in [0.25, 0.3) is 0 Å². The Balaban J connectivity index is 3.04. The van der Waals surface area contributed by atoms with E-state index in [0.29, 0.717) is 12.0 Å². The van der Waals surface area contributed by atoms with Crippen LogP contribution in [0.1, 0.15) is 18.9 Å². The zero-order valence-electron chi connectivity index (χ0n) is 9.74. The van der Waals surface area contributed by atoms with Crippen molar-refractivity contribution in [1.29, 1.82) is 0 Å². The molecule has 0 aliphatic heterocycles. The number of hydrogen-bond donors (Lipinski definition) is 2. The molecule has 0 fully saturated rings. The zero-order chi connectivity index (χ0) is 13.0. The molecule has 0 spiro atoms. The number of benzene rings is 1. The fraction of sp³-hybridized carbons (Fsp3) is 0.455. The number of halogens is 1. The third kappa shape index (κ3) is 3.39. The van der Waals surface area contributed by atoms with Gasteiger partial charge in [0.25, 0.3) is 5.69 Å². The topological polar surface area (TPSA) is 75.4 Å². The molecule has 17 heavy (non-hydrogen) atoms. The van der Waals surface area contributed by atoms with Gasteiger partial charge in [0, 0.05) is 12.6 Å². The van der Waals surface area contributed by atoms with E-state index in [1.165, 1.54) is 6.07 Å². The molecule has 1 aromatic carbocycles. The summed E-state index contributed by atoms with van der Waals surface area (Å²) in [7, 11) is 0. The molecule has 0 saturated heterocycles. The smallest absolute Gasteiger partial charge is 0.295 e. The summed E-state index contributed by atoms with van der Waals surface area (Å²) in [6, 6.07) is 2.19. The molecule has 94 valence electrons. The van der Waals surface area contributed by atoms with Crippen LogP contribution >= 0.6 is 0 Å². The molecule has 0 amide bonds. The van der Waals surface area contributed by atoms with Crippen LogP contribution in [0, 0.1) is 22.9 Å². The van der Waals surface area contributed by atoms with Crippen molar-refractivity contribution in [3.05, 3.63) is 33.6 Å². The van der Waals surface area contributed by atoms with Gasteiger partial charge in [0.05, 0.1) is 11.0 Å². The second-order valence-corrected chi connectivity index (χ2v) is 3.93. The summed E-state index contributed by atoms with van der Waals surface area (Å²) >= 11 is 0. The van der Waals surface area contributed by atoms with Gasteiger partial charge in [-0.3, -0.25) is 10.1 Å². The van der Waals surface area contributed by atoms with E-state index >= 15 is 0 Å². The van der Waals surface area contributed by atoms with E-state index < -0.39 is 10.7 Å². The van der Waals surface area contributed by atoms with Crippen LogP contribution in [0.2, 0.25) is 0 Å². The fourth-order valence-corrected chi connectivity index (χ4v) is 1.47. The van der Waals surface area contributed by atoms with Crippen molar-refractivity contribution in [2.45, 2.75) is 26.3 Å². The Bertz CT molecular complexity index is 423. The van der Waals surface area contributed by atoms with Gasteiger partial charge in [0.1, 0.15) is 11.5 Å². The fourth-order valence-electron chi connectivity index (χ4n) is 1.47. The predicted octanol–water partition coefficient (Wildman–Crippen LogP) is 2.23. The first-order valence-electron chi connectivity index (χ1n) is 5.27. The Morgan fingerprint density at radius 1 is 1.59 bits per heavy atom. The number of rotatable bonds is 5. The Labute approximate surface area is 98.4 Å². The average Bonchev–Trinajstić information content (AvgIpc) is 2.23. The highest BCUT2D eigenvalue weighted by Crippen LogP contribution is 2.28. The van der Waals surface area contributed by atoms with Crippen LogP contribution in [0.5, 0.6) is 0 Å². The van der Waals surface area contributed by atoms with Crippen molar-refractivity contribution in [3.8, 4) is 0 Å². The van der Waals surface area contributed by atoms with Crippen LogP contribution in [0.15, 0.2) is 12.1 Å². The summed E-state index contributed by atoms with van der Waals surface area (Å²) in [5, 5.41) is 22.4. The first-order valence-corrected chi connectivity index (χ1v) is 5.27. The van der Waals surface area contributed by atoms with E-state index in [9.17, 15) is 14.5 Å². The normalized spacial score (nSPS) is 12.2. The van der Waals surface area contributed by atoms with E-state index in [4.69, 9.17) is 5.11 Å². The average molecular weight is 242 g/mol. The first-order chi connectivity index (χ1) is 7.95. The van der Waals surface area contributed by atoms with Gasteiger partial charge in [-0.25, -0.2) is 4.39 Å². The van der Waals surface area contributed by atoms with E-state index in [0.717, 1.165) is 6.07 Å². The van der Waals surface area contributed by atoms with Gasteiger partial charge < -0.3 is 10.4 Å². The maximum absolute atomic E-state index is 13.2. The van der Waals surface area contributed by atoms with Crippen molar-refractivity contribution in [3.63, 3.8) is 0 Å². The van der Waals surface area contributed by atoms with Gasteiger partial charge in [-0.2, -0.15) is 0 Å². The van der Waals surface area contributed by atoms with Gasteiger partial charge in [0.2, 0.25) is 0 Å². The monoisotopic (exact) mass is 242 g/mol. The molecular weight excluding hydrogens is 227 g/mol. The van der Waals surface area contributed by atoms with Gasteiger partial charge in [-0.15, -0.1) is 0 Å². The molecule has 6 heteroatoms. The summed E-state index contributed by atoms with van der Waals surface area (Å²) in [6.07, 6.45) is 0.466. The van der Waals surface area contributed by atoms with Gasteiger partial charge in [-0.1, -0.05) is 0 Å². The number of aliphatic hydroxyl groups excluding tert-OH is 1. The second kappa shape index (κ2) is 5.58. The minimum Gasteiger partial charge on any atom is -0.396 e. The molecule has 2 N–H and O–H groups in total. The number of nitro benzene ring substituents is 1. The summed E-state index contributed by atoms with van der Waals surface area (Å²) in [5.74, 6) is -0.600. The number of nitrogens with zero attached hydrogens (tertiary/aromatic N) is 1. The quantitative estimate of drug-likeness (QED) is 0.613. The van der Waals surface area contributed by atoms with E-state index in [2.05, 4.69) is 5.32 Å². The molecule has 1 rings (SSSR count). The largest absolute Gasteiger partial charge is 0.396 e. The number of nitrogens with one attached hydrogen (secondary N) is 1. The van der Waals surface area contributed by atoms with Crippen LogP contribution in [-0.2, 0) is 0 Å². The number of nitro groups is 1. The summed E-state index contributed by atoms with van der Waals surface area (Å²) in [4.78, 5) is 10.1. The summed E-state index contributed by atoms with van der Waals surface area (Å²) in [5.41, 5.74) is 0.321. The molecule has 5 nitrogen and oxygen atoms in total. The Hall–Kier alpha value is -1.69. The minimum atomic E-state index is -0.628. The molecular formula is C11H15FN2O3. The van der Waals surface area contributed by atoms with Crippen LogP contribution in [0.3, 0.4) is 0 Å². The van der Waals surface area contributed by atoms with E-state index in [-0.39, 0.29) is 24.0 Å².